The van der Waals surface area contributed by atoms with Crippen LogP contribution in [-0.4, -0.2) is 58.8 Å². The number of alkyl halides is 3. The molecule has 0 aromatic carbocycles. The van der Waals surface area contributed by atoms with Crippen molar-refractivity contribution in [2.24, 2.45) is 0 Å². The molecule has 9 nitrogen and oxygen atoms in total. The summed E-state index contributed by atoms with van der Waals surface area (Å²) in [5.74, 6) is -0.400. The van der Waals surface area contributed by atoms with Crippen molar-refractivity contribution < 1.29 is 32.3 Å². The van der Waals surface area contributed by atoms with Crippen molar-refractivity contribution >= 4 is 11.6 Å². The highest BCUT2D eigenvalue weighted by atomic mass is 19.4. The SMILES string of the molecule is COCCNC(=O)c1nccc2c1CN(C(C)c1cc(C)c(OCC(F)(F)F)cn1)[N+]2=O. The maximum absolute atomic E-state index is 12.9. The number of carbonyl (C=O) groups excluding carboxylic acids is 1. The van der Waals surface area contributed by atoms with Crippen molar-refractivity contribution in [3.8, 4) is 5.75 Å². The number of aryl methyl sites for hydroxylation is 1. The van der Waals surface area contributed by atoms with Crippen LogP contribution < -0.4 is 10.1 Å². The molecule has 12 heteroatoms. The molecule has 1 aliphatic heterocycles. The number of fused-ring (bicyclic) bond motifs is 1. The highest BCUT2D eigenvalue weighted by Gasteiger charge is 2.43. The molecule has 3 heterocycles. The number of hydrazine groups is 1. The molecule has 1 amide bonds. The third-order valence-corrected chi connectivity index (χ3v) is 4.95. The standard InChI is InChI=1S/C20H22F3N5O4/c1-12-8-15(26-9-17(12)32-11-20(21,22)23)13(2)27-10-14-16(28(27)30)4-5-24-18(14)19(29)25-6-7-31-3/h4-5,8-9,13H,6-7,10-11H2,1-3H3/p+1. The highest BCUT2D eigenvalue weighted by molar-refractivity contribution is 5.94. The molecule has 2 aromatic heterocycles. The second-order valence-electron chi connectivity index (χ2n) is 7.23. The number of nitroso groups, excluding NO2 is 1. The molecule has 0 saturated carbocycles. The van der Waals surface area contributed by atoms with Crippen LogP contribution in [0.2, 0.25) is 0 Å². The summed E-state index contributed by atoms with van der Waals surface area (Å²) in [5, 5.41) is 4.14. The Balaban J connectivity index is 1.77. The van der Waals surface area contributed by atoms with Crippen LogP contribution in [0.25, 0.3) is 0 Å². The lowest BCUT2D eigenvalue weighted by Crippen LogP contribution is -2.30. The first-order chi connectivity index (χ1) is 15.1. The number of nitrogens with zero attached hydrogens (tertiary/aromatic N) is 4. The molecule has 1 aliphatic rings. The maximum atomic E-state index is 12.9. The van der Waals surface area contributed by atoms with Gasteiger partial charge in [0.2, 0.25) is 0 Å². The third kappa shape index (κ3) is 5.13. The Morgan fingerprint density at radius 2 is 2.12 bits per heavy atom. The number of carbonyl (C=O) groups is 1. The van der Waals surface area contributed by atoms with Crippen LogP contribution >= 0.6 is 0 Å². The van der Waals surface area contributed by atoms with Gasteiger partial charge in [0.25, 0.3) is 5.91 Å². The molecule has 0 bridgehead atoms. The van der Waals surface area contributed by atoms with Gasteiger partial charge in [-0.2, -0.15) is 13.2 Å². The zero-order valence-corrected chi connectivity index (χ0v) is 17.8. The molecular formula is C20H23F3N5O4+. The van der Waals surface area contributed by atoms with E-state index in [0.29, 0.717) is 40.5 Å². The minimum Gasteiger partial charge on any atom is -0.482 e. The van der Waals surface area contributed by atoms with E-state index in [1.807, 2.05) is 0 Å². The van der Waals surface area contributed by atoms with Crippen LogP contribution in [0.1, 0.15) is 40.3 Å². The molecule has 172 valence electrons. The van der Waals surface area contributed by atoms with Gasteiger partial charge in [0.05, 0.1) is 29.0 Å². The van der Waals surface area contributed by atoms with Crippen LogP contribution in [0.5, 0.6) is 5.75 Å². The largest absolute Gasteiger partial charge is 0.482 e. The average Bonchev–Trinajstić information content (AvgIpc) is 3.08. The Hall–Kier alpha value is -3.28. The number of hydrogen-bond donors (Lipinski definition) is 1. The monoisotopic (exact) mass is 454 g/mol. The summed E-state index contributed by atoms with van der Waals surface area (Å²) in [7, 11) is 1.52. The van der Waals surface area contributed by atoms with E-state index in [2.05, 4.69) is 15.3 Å². The Bertz CT molecular complexity index is 1020. The van der Waals surface area contributed by atoms with Crippen LogP contribution in [0.4, 0.5) is 18.9 Å². The van der Waals surface area contributed by atoms with Gasteiger partial charge in [0, 0.05) is 25.9 Å². The summed E-state index contributed by atoms with van der Waals surface area (Å²) >= 11 is 0. The second kappa shape index (κ2) is 9.47. The third-order valence-electron chi connectivity index (χ3n) is 4.95. The molecule has 3 rings (SSSR count). The molecule has 0 saturated heterocycles. The molecule has 0 spiro atoms. The van der Waals surface area contributed by atoms with Crippen LogP contribution in [-0.2, 0) is 11.3 Å². The first-order valence-electron chi connectivity index (χ1n) is 9.77. The Kier molecular flexibility index (Phi) is 6.92. The number of halogens is 3. The summed E-state index contributed by atoms with van der Waals surface area (Å²) < 4.78 is 46.9. The number of aromatic nitrogens is 2. The minimum atomic E-state index is -4.45. The second-order valence-corrected chi connectivity index (χ2v) is 7.23. The summed E-state index contributed by atoms with van der Waals surface area (Å²) in [6.45, 7) is 2.68. The van der Waals surface area contributed by atoms with Crippen molar-refractivity contribution in [1.29, 1.82) is 0 Å². The molecular weight excluding hydrogens is 431 g/mol. The molecule has 1 atom stereocenters. The van der Waals surface area contributed by atoms with Crippen molar-refractivity contribution in [1.82, 2.24) is 20.3 Å². The molecule has 32 heavy (non-hydrogen) atoms. The normalized spacial score (nSPS) is 14.3. The number of pyridine rings is 2. The Morgan fingerprint density at radius 3 is 2.78 bits per heavy atom. The van der Waals surface area contributed by atoms with E-state index in [9.17, 15) is 22.9 Å². The highest BCUT2D eigenvalue weighted by Crippen LogP contribution is 2.36. The number of methoxy groups -OCH3 is 1. The van der Waals surface area contributed by atoms with E-state index >= 15 is 0 Å². The van der Waals surface area contributed by atoms with Gasteiger partial charge in [-0.1, -0.05) is 0 Å². The smallest absolute Gasteiger partial charge is 0.422 e. The average molecular weight is 454 g/mol. The minimum absolute atomic E-state index is 0.0150. The predicted octanol–water partition coefficient (Wildman–Crippen LogP) is 3.00. The van der Waals surface area contributed by atoms with Crippen LogP contribution in [0.15, 0.2) is 24.5 Å². The predicted molar refractivity (Wildman–Crippen MR) is 106 cm³/mol. The fourth-order valence-electron chi connectivity index (χ4n) is 3.28. The van der Waals surface area contributed by atoms with Crippen molar-refractivity contribution in [3.63, 3.8) is 0 Å². The lowest BCUT2D eigenvalue weighted by Gasteiger charge is -2.18. The van der Waals surface area contributed by atoms with Gasteiger partial charge < -0.3 is 14.8 Å². The van der Waals surface area contributed by atoms with E-state index in [-0.39, 0.29) is 18.0 Å². The molecule has 2 aromatic rings. The molecule has 0 aliphatic carbocycles. The number of ether oxygens (including phenoxy) is 2. The van der Waals surface area contributed by atoms with Gasteiger partial charge in [-0.3, -0.25) is 14.8 Å². The van der Waals surface area contributed by atoms with Gasteiger partial charge in [-0.15, -0.1) is 5.01 Å². The maximum Gasteiger partial charge on any atom is 0.422 e. The quantitative estimate of drug-likeness (QED) is 0.484. The van der Waals surface area contributed by atoms with Crippen molar-refractivity contribution in [2.45, 2.75) is 32.6 Å². The van der Waals surface area contributed by atoms with Crippen LogP contribution in [0, 0.1) is 11.8 Å². The molecule has 1 unspecified atom stereocenters. The topological polar surface area (TPSA) is 96.7 Å². The van der Waals surface area contributed by atoms with Gasteiger partial charge in [-0.25, -0.2) is 0 Å². The van der Waals surface area contributed by atoms with Gasteiger partial charge in [0.15, 0.2) is 11.5 Å². The number of amides is 1. The number of hydrogen-bond acceptors (Lipinski definition) is 6. The summed E-state index contributed by atoms with van der Waals surface area (Å²) in [5.41, 5.74) is 1.85. The zero-order valence-electron chi connectivity index (χ0n) is 17.8. The summed E-state index contributed by atoms with van der Waals surface area (Å²) in [6, 6.07) is 2.57. The van der Waals surface area contributed by atoms with Crippen molar-refractivity contribution in [2.75, 3.05) is 26.9 Å². The Morgan fingerprint density at radius 1 is 1.38 bits per heavy atom. The zero-order chi connectivity index (χ0) is 23.5. The lowest BCUT2D eigenvalue weighted by molar-refractivity contribution is -0.644. The van der Waals surface area contributed by atoms with Crippen LogP contribution in [0.3, 0.4) is 0 Å². The van der Waals surface area contributed by atoms with E-state index in [0.717, 1.165) is 0 Å². The molecule has 0 radical (unpaired) electrons. The first kappa shape index (κ1) is 23.4. The summed E-state index contributed by atoms with van der Waals surface area (Å²) in [6.07, 6.45) is -1.86. The first-order valence-corrected chi connectivity index (χ1v) is 9.77. The number of nitrogens with one attached hydrogen (secondary N) is 1. The molecule has 0 fully saturated rings. The van der Waals surface area contributed by atoms with E-state index in [1.54, 1.807) is 19.9 Å². The Labute approximate surface area is 182 Å². The fraction of sp³-hybridized carbons (Fsp3) is 0.450. The van der Waals surface area contributed by atoms with Crippen molar-refractivity contribution in [3.05, 3.63) is 51.9 Å². The van der Waals surface area contributed by atoms with E-state index in [1.165, 1.54) is 30.6 Å². The lowest BCUT2D eigenvalue weighted by atomic mass is 10.1. The molecule has 1 N–H and O–H groups in total. The van der Waals surface area contributed by atoms with E-state index in [4.69, 9.17) is 9.47 Å². The van der Waals surface area contributed by atoms with E-state index < -0.39 is 24.7 Å². The fourth-order valence-corrected chi connectivity index (χ4v) is 3.28. The van der Waals surface area contributed by atoms with Gasteiger partial charge in [0.1, 0.15) is 24.0 Å². The van der Waals surface area contributed by atoms with Gasteiger partial charge >= 0.3 is 11.9 Å². The van der Waals surface area contributed by atoms with Gasteiger partial charge in [-0.05, 0) is 25.5 Å². The summed E-state index contributed by atoms with van der Waals surface area (Å²) in [4.78, 5) is 34.4. The number of rotatable bonds is 8.